The molecule has 1 aliphatic heterocycles. The summed E-state index contributed by atoms with van der Waals surface area (Å²) in [6.45, 7) is 3.79. The molecule has 1 saturated heterocycles. The highest BCUT2D eigenvalue weighted by atomic mass is 79.9. The lowest BCUT2D eigenvalue weighted by atomic mass is 9.97. The smallest absolute Gasteiger partial charge is 0.119 e. The molecule has 1 unspecified atom stereocenters. The van der Waals surface area contributed by atoms with Crippen molar-refractivity contribution in [3.8, 4) is 5.75 Å². The van der Waals surface area contributed by atoms with E-state index in [1.54, 1.807) is 7.11 Å². The van der Waals surface area contributed by atoms with Crippen LogP contribution in [0.2, 0.25) is 0 Å². The van der Waals surface area contributed by atoms with E-state index in [2.05, 4.69) is 21.2 Å². The van der Waals surface area contributed by atoms with Crippen molar-refractivity contribution in [3.63, 3.8) is 0 Å². The van der Waals surface area contributed by atoms with E-state index in [9.17, 15) is 0 Å². The van der Waals surface area contributed by atoms with Crippen molar-refractivity contribution in [3.05, 3.63) is 28.2 Å². The van der Waals surface area contributed by atoms with Gasteiger partial charge in [-0.2, -0.15) is 0 Å². The van der Waals surface area contributed by atoms with Crippen LogP contribution in [0.5, 0.6) is 5.75 Å². The van der Waals surface area contributed by atoms with Gasteiger partial charge >= 0.3 is 0 Å². The zero-order valence-corrected chi connectivity index (χ0v) is 13.0. The highest BCUT2D eigenvalue weighted by Gasteiger charge is 2.12. The third-order valence-corrected chi connectivity index (χ3v) is 4.35. The van der Waals surface area contributed by atoms with Crippen LogP contribution in [0, 0.1) is 5.92 Å². The Kier molecular flexibility index (Phi) is 6.14. The van der Waals surface area contributed by atoms with Crippen molar-refractivity contribution in [2.75, 3.05) is 26.8 Å². The molecule has 0 spiro atoms. The van der Waals surface area contributed by atoms with Crippen molar-refractivity contribution in [1.82, 2.24) is 5.32 Å². The van der Waals surface area contributed by atoms with Crippen LogP contribution in [0.1, 0.15) is 24.8 Å². The first-order chi connectivity index (χ1) is 9.29. The van der Waals surface area contributed by atoms with Crippen LogP contribution in [0.4, 0.5) is 0 Å². The van der Waals surface area contributed by atoms with Gasteiger partial charge in [0, 0.05) is 11.1 Å². The van der Waals surface area contributed by atoms with E-state index in [4.69, 9.17) is 9.47 Å². The third kappa shape index (κ3) is 4.79. The number of rotatable bonds is 6. The maximum Gasteiger partial charge on any atom is 0.119 e. The summed E-state index contributed by atoms with van der Waals surface area (Å²) >= 11 is 3.54. The second-order valence-corrected chi connectivity index (χ2v) is 5.87. The molecule has 1 aliphatic rings. The molecular formula is C15H22BrNO2. The van der Waals surface area contributed by atoms with E-state index < -0.39 is 0 Å². The molecule has 1 atom stereocenters. The fraction of sp³-hybridized carbons (Fsp3) is 0.600. The highest BCUT2D eigenvalue weighted by Crippen LogP contribution is 2.23. The highest BCUT2D eigenvalue weighted by molar-refractivity contribution is 9.10. The van der Waals surface area contributed by atoms with Gasteiger partial charge in [0.1, 0.15) is 5.75 Å². The zero-order chi connectivity index (χ0) is 13.5. The van der Waals surface area contributed by atoms with E-state index >= 15 is 0 Å². The van der Waals surface area contributed by atoms with Gasteiger partial charge in [-0.1, -0.05) is 15.9 Å². The van der Waals surface area contributed by atoms with Crippen molar-refractivity contribution < 1.29 is 9.47 Å². The first kappa shape index (κ1) is 14.8. The minimum atomic E-state index is 0.637. The monoisotopic (exact) mass is 327 g/mol. The summed E-state index contributed by atoms with van der Waals surface area (Å²) in [4.78, 5) is 0. The first-order valence-electron chi connectivity index (χ1n) is 6.90. The first-order valence-corrected chi connectivity index (χ1v) is 7.70. The van der Waals surface area contributed by atoms with Crippen LogP contribution in [0.25, 0.3) is 0 Å². The predicted molar refractivity (Wildman–Crippen MR) is 80.6 cm³/mol. The van der Waals surface area contributed by atoms with E-state index in [-0.39, 0.29) is 0 Å². The largest absolute Gasteiger partial charge is 0.497 e. The fourth-order valence-electron chi connectivity index (χ4n) is 2.39. The Bertz CT molecular complexity index is 392. The SMILES string of the molecule is COc1ccc(Br)c(COCCC2CCCNC2)c1. The standard InChI is InChI=1S/C15H22BrNO2/c1-18-14-4-5-15(16)13(9-14)11-19-8-6-12-3-2-7-17-10-12/h4-5,9,12,17H,2-3,6-8,10-11H2,1H3. The quantitative estimate of drug-likeness (QED) is 0.812. The molecule has 0 bridgehead atoms. The van der Waals surface area contributed by atoms with Crippen LogP contribution >= 0.6 is 15.9 Å². The van der Waals surface area contributed by atoms with Crippen LogP contribution < -0.4 is 10.1 Å². The fourth-order valence-corrected chi connectivity index (χ4v) is 2.75. The van der Waals surface area contributed by atoms with Gasteiger partial charge in [-0.15, -0.1) is 0 Å². The zero-order valence-electron chi connectivity index (χ0n) is 11.5. The average molecular weight is 328 g/mol. The number of halogens is 1. The number of ether oxygens (including phenoxy) is 2. The molecule has 1 fully saturated rings. The van der Waals surface area contributed by atoms with Crippen molar-refractivity contribution in [2.45, 2.75) is 25.9 Å². The molecule has 1 aromatic carbocycles. The number of piperidine rings is 1. The number of hydrogen-bond donors (Lipinski definition) is 1. The Morgan fingerprint density at radius 2 is 2.32 bits per heavy atom. The predicted octanol–water partition coefficient (Wildman–Crippen LogP) is 3.36. The summed E-state index contributed by atoms with van der Waals surface area (Å²) in [6.07, 6.45) is 3.78. The molecule has 0 aromatic heterocycles. The molecule has 106 valence electrons. The molecule has 2 rings (SSSR count). The van der Waals surface area contributed by atoms with Gasteiger partial charge in [-0.05, 0) is 62.0 Å². The second-order valence-electron chi connectivity index (χ2n) is 5.01. The summed E-state index contributed by atoms with van der Waals surface area (Å²) in [5.74, 6) is 1.65. The Morgan fingerprint density at radius 1 is 1.42 bits per heavy atom. The van der Waals surface area contributed by atoms with Gasteiger partial charge in [0.05, 0.1) is 13.7 Å². The van der Waals surface area contributed by atoms with Crippen molar-refractivity contribution in [1.29, 1.82) is 0 Å². The molecule has 0 saturated carbocycles. The van der Waals surface area contributed by atoms with Crippen LogP contribution in [0.15, 0.2) is 22.7 Å². The molecular weight excluding hydrogens is 306 g/mol. The van der Waals surface area contributed by atoms with Crippen LogP contribution in [-0.4, -0.2) is 26.8 Å². The molecule has 0 radical (unpaired) electrons. The number of methoxy groups -OCH3 is 1. The number of hydrogen-bond acceptors (Lipinski definition) is 3. The Morgan fingerprint density at radius 3 is 3.05 bits per heavy atom. The van der Waals surface area contributed by atoms with Crippen molar-refractivity contribution in [2.24, 2.45) is 5.92 Å². The van der Waals surface area contributed by atoms with E-state index in [0.717, 1.165) is 41.3 Å². The molecule has 1 N–H and O–H groups in total. The van der Waals surface area contributed by atoms with E-state index in [1.165, 1.54) is 19.4 Å². The summed E-state index contributed by atoms with van der Waals surface area (Å²) in [7, 11) is 1.68. The summed E-state index contributed by atoms with van der Waals surface area (Å²) in [6, 6.07) is 5.97. The van der Waals surface area contributed by atoms with Gasteiger partial charge in [0.2, 0.25) is 0 Å². The van der Waals surface area contributed by atoms with Crippen molar-refractivity contribution >= 4 is 15.9 Å². The lowest BCUT2D eigenvalue weighted by Gasteiger charge is -2.22. The van der Waals surface area contributed by atoms with E-state index in [0.29, 0.717) is 6.61 Å². The summed E-state index contributed by atoms with van der Waals surface area (Å²) < 4.78 is 12.1. The van der Waals surface area contributed by atoms with Crippen LogP contribution in [0.3, 0.4) is 0 Å². The number of nitrogens with one attached hydrogen (secondary N) is 1. The van der Waals surface area contributed by atoms with E-state index in [1.807, 2.05) is 18.2 Å². The Labute approximate surface area is 123 Å². The van der Waals surface area contributed by atoms with Crippen LogP contribution in [-0.2, 0) is 11.3 Å². The van der Waals surface area contributed by atoms with Gasteiger partial charge in [-0.25, -0.2) is 0 Å². The minimum Gasteiger partial charge on any atom is -0.497 e. The normalized spacial score (nSPS) is 19.4. The Balaban J connectivity index is 1.72. The average Bonchev–Trinajstić information content (AvgIpc) is 2.46. The lowest BCUT2D eigenvalue weighted by molar-refractivity contribution is 0.103. The van der Waals surface area contributed by atoms with Gasteiger partial charge in [0.15, 0.2) is 0 Å². The number of benzene rings is 1. The molecule has 3 nitrogen and oxygen atoms in total. The minimum absolute atomic E-state index is 0.637. The molecule has 1 aromatic rings. The molecule has 1 heterocycles. The van der Waals surface area contributed by atoms with Gasteiger partial charge in [0.25, 0.3) is 0 Å². The molecule has 4 heteroatoms. The lowest BCUT2D eigenvalue weighted by Crippen LogP contribution is -2.30. The van der Waals surface area contributed by atoms with Gasteiger partial charge < -0.3 is 14.8 Å². The Hall–Kier alpha value is -0.580. The summed E-state index contributed by atoms with van der Waals surface area (Å²) in [5, 5.41) is 3.44. The third-order valence-electron chi connectivity index (χ3n) is 3.58. The molecule has 0 aliphatic carbocycles. The summed E-state index contributed by atoms with van der Waals surface area (Å²) in [5.41, 5.74) is 1.14. The maximum absolute atomic E-state index is 5.79. The van der Waals surface area contributed by atoms with Gasteiger partial charge in [-0.3, -0.25) is 0 Å². The topological polar surface area (TPSA) is 30.5 Å². The molecule has 19 heavy (non-hydrogen) atoms. The molecule has 0 amide bonds. The maximum atomic E-state index is 5.79. The second kappa shape index (κ2) is 7.88.